The molecule has 0 spiro atoms. The maximum absolute atomic E-state index is 12.1. The minimum Gasteiger partial charge on any atom is -0.476 e. The van der Waals surface area contributed by atoms with Crippen LogP contribution >= 0.6 is 0 Å². The van der Waals surface area contributed by atoms with Gasteiger partial charge in [0.05, 0.1) is 11.8 Å². The van der Waals surface area contributed by atoms with Crippen molar-refractivity contribution in [2.45, 2.75) is 25.0 Å². The lowest BCUT2D eigenvalue weighted by atomic mass is 9.94. The summed E-state index contributed by atoms with van der Waals surface area (Å²) < 4.78 is 6.35. The number of likely N-dealkylation sites (N-methyl/N-ethyl adjacent to an activating group) is 1. The smallest absolute Gasteiger partial charge is 0.358 e. The second-order valence-corrected chi connectivity index (χ2v) is 5.19. The third-order valence-corrected chi connectivity index (χ3v) is 3.44. The van der Waals surface area contributed by atoms with E-state index in [0.717, 1.165) is 4.68 Å². The summed E-state index contributed by atoms with van der Waals surface area (Å²) in [4.78, 5) is 24.1. The Morgan fingerprint density at radius 1 is 1.48 bits per heavy atom. The van der Waals surface area contributed by atoms with E-state index in [2.05, 4.69) is 10.3 Å². The Balaban J connectivity index is 1.91. The van der Waals surface area contributed by atoms with Crippen molar-refractivity contribution in [3.8, 4) is 0 Å². The van der Waals surface area contributed by atoms with Gasteiger partial charge in [-0.3, -0.25) is 4.79 Å². The van der Waals surface area contributed by atoms with Crippen LogP contribution in [0.1, 0.15) is 23.3 Å². The Labute approximate surface area is 121 Å². The summed E-state index contributed by atoms with van der Waals surface area (Å²) in [5.41, 5.74) is -1.15. The summed E-state index contributed by atoms with van der Waals surface area (Å²) in [6.45, 7) is 1.03. The van der Waals surface area contributed by atoms with Crippen molar-refractivity contribution in [3.05, 3.63) is 11.9 Å². The molecule has 0 unspecified atom stereocenters. The predicted molar refractivity (Wildman–Crippen MR) is 69.6 cm³/mol. The molecule has 1 aliphatic rings. The summed E-state index contributed by atoms with van der Waals surface area (Å²) in [6, 6.07) is 0. The van der Waals surface area contributed by atoms with E-state index in [9.17, 15) is 14.7 Å². The van der Waals surface area contributed by atoms with Crippen molar-refractivity contribution < 1.29 is 24.5 Å². The lowest BCUT2D eigenvalue weighted by Gasteiger charge is -2.35. The number of amides is 1. The van der Waals surface area contributed by atoms with E-state index in [1.54, 1.807) is 7.05 Å². The van der Waals surface area contributed by atoms with Gasteiger partial charge in [0.15, 0.2) is 5.69 Å². The Bertz CT molecular complexity index is 523. The first-order chi connectivity index (χ1) is 9.89. The topological polar surface area (TPSA) is 118 Å². The van der Waals surface area contributed by atoms with Crippen LogP contribution in [0.5, 0.6) is 0 Å². The molecule has 9 heteroatoms. The number of ether oxygens (including phenoxy) is 1. The van der Waals surface area contributed by atoms with Gasteiger partial charge in [-0.15, -0.1) is 5.10 Å². The number of aromatic carboxylic acids is 1. The lowest BCUT2D eigenvalue weighted by molar-refractivity contribution is -0.137. The molecular formula is C12H18N4O5. The van der Waals surface area contributed by atoms with Gasteiger partial charge in [0.1, 0.15) is 6.54 Å². The zero-order valence-electron chi connectivity index (χ0n) is 11.7. The SMILES string of the molecule is CN(CC1(O)CCOCC1)C(=O)Cn1cc(C(=O)O)nn1. The molecule has 1 aromatic rings. The second-order valence-electron chi connectivity index (χ2n) is 5.19. The molecule has 1 aliphatic heterocycles. The highest BCUT2D eigenvalue weighted by Crippen LogP contribution is 2.21. The van der Waals surface area contributed by atoms with Gasteiger partial charge in [-0.2, -0.15) is 0 Å². The second kappa shape index (κ2) is 6.19. The molecule has 9 nitrogen and oxygen atoms in total. The number of hydrogen-bond donors (Lipinski definition) is 2. The largest absolute Gasteiger partial charge is 0.476 e. The van der Waals surface area contributed by atoms with E-state index in [1.165, 1.54) is 11.1 Å². The monoisotopic (exact) mass is 298 g/mol. The lowest BCUT2D eigenvalue weighted by Crippen LogP contribution is -2.48. The highest BCUT2D eigenvalue weighted by atomic mass is 16.5. The highest BCUT2D eigenvalue weighted by Gasteiger charge is 2.32. The number of aliphatic hydroxyl groups is 1. The Kier molecular flexibility index (Phi) is 4.53. The first-order valence-electron chi connectivity index (χ1n) is 6.57. The molecule has 1 aromatic heterocycles. The fourth-order valence-electron chi connectivity index (χ4n) is 2.17. The summed E-state index contributed by atoms with van der Waals surface area (Å²) >= 11 is 0. The van der Waals surface area contributed by atoms with Crippen molar-refractivity contribution in [2.24, 2.45) is 0 Å². The van der Waals surface area contributed by atoms with E-state index >= 15 is 0 Å². The Morgan fingerprint density at radius 2 is 2.14 bits per heavy atom. The van der Waals surface area contributed by atoms with Gasteiger partial charge in [-0.05, 0) is 0 Å². The van der Waals surface area contributed by atoms with Crippen LogP contribution in [0.4, 0.5) is 0 Å². The molecule has 0 aromatic carbocycles. The van der Waals surface area contributed by atoms with Crippen LogP contribution in [-0.4, -0.2) is 74.4 Å². The normalized spacial score (nSPS) is 17.4. The van der Waals surface area contributed by atoms with E-state index in [1.807, 2.05) is 0 Å². The number of carbonyl (C=O) groups is 2. The van der Waals surface area contributed by atoms with Gasteiger partial charge < -0.3 is 19.8 Å². The molecule has 2 heterocycles. The molecule has 0 radical (unpaired) electrons. The van der Waals surface area contributed by atoms with Crippen molar-refractivity contribution in [1.82, 2.24) is 19.9 Å². The third kappa shape index (κ3) is 3.99. The van der Waals surface area contributed by atoms with Crippen molar-refractivity contribution in [2.75, 3.05) is 26.8 Å². The molecule has 2 rings (SSSR count). The number of carboxylic acids is 1. The predicted octanol–water partition coefficient (Wildman–Crippen LogP) is -1.02. The Hall–Kier alpha value is -2.00. The minimum atomic E-state index is -1.20. The van der Waals surface area contributed by atoms with E-state index in [4.69, 9.17) is 9.84 Å². The molecule has 1 fully saturated rings. The van der Waals surface area contributed by atoms with Crippen LogP contribution < -0.4 is 0 Å². The van der Waals surface area contributed by atoms with Gasteiger partial charge in [-0.1, -0.05) is 5.21 Å². The summed E-state index contributed by atoms with van der Waals surface area (Å²) in [5, 5.41) is 26.1. The fourth-order valence-corrected chi connectivity index (χ4v) is 2.17. The fraction of sp³-hybridized carbons (Fsp3) is 0.667. The summed E-state index contributed by atoms with van der Waals surface area (Å²) in [5.74, 6) is -1.48. The number of carbonyl (C=O) groups excluding carboxylic acids is 1. The first kappa shape index (κ1) is 15.4. The average Bonchev–Trinajstić information content (AvgIpc) is 2.87. The highest BCUT2D eigenvalue weighted by molar-refractivity contribution is 5.84. The van der Waals surface area contributed by atoms with Crippen LogP contribution in [0.25, 0.3) is 0 Å². The number of rotatable bonds is 5. The summed E-state index contributed by atoms with van der Waals surface area (Å²) in [6.07, 6.45) is 2.16. The average molecular weight is 298 g/mol. The van der Waals surface area contributed by atoms with Crippen molar-refractivity contribution >= 4 is 11.9 Å². The van der Waals surface area contributed by atoms with Crippen molar-refractivity contribution in [3.63, 3.8) is 0 Å². The third-order valence-electron chi connectivity index (χ3n) is 3.44. The molecular weight excluding hydrogens is 280 g/mol. The van der Waals surface area contributed by atoms with Crippen LogP contribution in [0.3, 0.4) is 0 Å². The number of nitrogens with zero attached hydrogens (tertiary/aromatic N) is 4. The standard InChI is InChI=1S/C12H18N4O5/c1-15(8-12(20)2-4-21-5-3-12)10(17)7-16-6-9(11(18)19)13-14-16/h6,20H,2-5,7-8H2,1H3,(H,18,19). The summed E-state index contributed by atoms with van der Waals surface area (Å²) in [7, 11) is 1.59. The molecule has 0 saturated carbocycles. The van der Waals surface area contributed by atoms with Crippen LogP contribution in [-0.2, 0) is 16.1 Å². The quantitative estimate of drug-likeness (QED) is 0.714. The van der Waals surface area contributed by atoms with E-state index in [0.29, 0.717) is 26.1 Å². The zero-order valence-corrected chi connectivity index (χ0v) is 11.7. The van der Waals surface area contributed by atoms with Crippen LogP contribution in [0, 0.1) is 0 Å². The molecule has 2 N–H and O–H groups in total. The van der Waals surface area contributed by atoms with Gasteiger partial charge in [0, 0.05) is 39.6 Å². The number of aromatic nitrogens is 3. The Morgan fingerprint density at radius 3 is 2.71 bits per heavy atom. The number of carboxylic acid groups (broad SMARTS) is 1. The van der Waals surface area contributed by atoms with E-state index in [-0.39, 0.29) is 24.7 Å². The van der Waals surface area contributed by atoms with Crippen LogP contribution in [0.15, 0.2) is 6.20 Å². The van der Waals surface area contributed by atoms with Gasteiger partial charge >= 0.3 is 5.97 Å². The van der Waals surface area contributed by atoms with Crippen LogP contribution in [0.2, 0.25) is 0 Å². The molecule has 0 bridgehead atoms. The number of hydrogen-bond acceptors (Lipinski definition) is 6. The molecule has 0 aliphatic carbocycles. The zero-order chi connectivity index (χ0) is 15.5. The van der Waals surface area contributed by atoms with Gasteiger partial charge in [0.2, 0.25) is 5.91 Å². The van der Waals surface area contributed by atoms with Gasteiger partial charge in [-0.25, -0.2) is 9.48 Å². The molecule has 0 atom stereocenters. The maximum Gasteiger partial charge on any atom is 0.358 e. The maximum atomic E-state index is 12.1. The van der Waals surface area contributed by atoms with Gasteiger partial charge in [0.25, 0.3) is 0 Å². The molecule has 1 amide bonds. The minimum absolute atomic E-state index is 0.122. The first-order valence-corrected chi connectivity index (χ1v) is 6.57. The molecule has 116 valence electrons. The molecule has 21 heavy (non-hydrogen) atoms. The van der Waals surface area contributed by atoms with E-state index < -0.39 is 11.6 Å². The molecule has 1 saturated heterocycles. The van der Waals surface area contributed by atoms with Crippen molar-refractivity contribution in [1.29, 1.82) is 0 Å².